The van der Waals surface area contributed by atoms with Gasteiger partial charge in [0.05, 0.1) is 5.56 Å². The van der Waals surface area contributed by atoms with E-state index in [1.807, 2.05) is 0 Å². The van der Waals surface area contributed by atoms with E-state index in [9.17, 15) is 18.0 Å². The SMILES string of the molecule is CC(Oc1ccccc1C(F)(F)F)C(=O)Nc1ncnn1-c1ncccn1. The van der Waals surface area contributed by atoms with Crippen molar-refractivity contribution in [1.29, 1.82) is 0 Å². The lowest BCUT2D eigenvalue weighted by Crippen LogP contribution is -2.32. The van der Waals surface area contributed by atoms with Gasteiger partial charge >= 0.3 is 6.18 Å². The molecule has 2 aromatic heterocycles. The fourth-order valence-electron chi connectivity index (χ4n) is 2.13. The van der Waals surface area contributed by atoms with Gasteiger partial charge in [-0.15, -0.1) is 0 Å². The molecular weight excluding hydrogens is 365 g/mol. The van der Waals surface area contributed by atoms with Gasteiger partial charge in [-0.05, 0) is 25.1 Å². The topological polar surface area (TPSA) is 94.8 Å². The van der Waals surface area contributed by atoms with E-state index < -0.39 is 29.5 Å². The van der Waals surface area contributed by atoms with Gasteiger partial charge in [0.2, 0.25) is 5.95 Å². The molecule has 1 atom stereocenters. The number of carbonyl (C=O) groups is 1. The first-order chi connectivity index (χ1) is 12.9. The maximum atomic E-state index is 13.0. The lowest BCUT2D eigenvalue weighted by Gasteiger charge is -2.18. The van der Waals surface area contributed by atoms with Crippen LogP contribution in [-0.4, -0.2) is 36.7 Å². The molecule has 0 fully saturated rings. The standard InChI is InChI=1S/C16H13F3N6O2/c1-10(27-12-6-3-2-5-11(12)16(17,18)19)13(26)24-15-22-9-23-25(15)14-20-7-4-8-21-14/h2-10H,1H3,(H,22,23,24,26). The minimum atomic E-state index is -4.60. The number of ether oxygens (including phenoxy) is 1. The predicted molar refractivity (Wildman–Crippen MR) is 87.1 cm³/mol. The molecule has 0 bridgehead atoms. The van der Waals surface area contributed by atoms with Crippen LogP contribution in [0.5, 0.6) is 5.75 Å². The second-order valence-electron chi connectivity index (χ2n) is 5.29. The zero-order chi connectivity index (χ0) is 19.4. The van der Waals surface area contributed by atoms with Crippen LogP contribution in [0.25, 0.3) is 5.95 Å². The maximum absolute atomic E-state index is 13.0. The summed E-state index contributed by atoms with van der Waals surface area (Å²) in [6.07, 6.45) is -1.69. The summed E-state index contributed by atoms with van der Waals surface area (Å²) >= 11 is 0. The number of hydrogen-bond acceptors (Lipinski definition) is 6. The second-order valence-corrected chi connectivity index (χ2v) is 5.29. The Morgan fingerprint density at radius 2 is 1.85 bits per heavy atom. The molecular formula is C16H13F3N6O2. The third-order valence-corrected chi connectivity index (χ3v) is 3.39. The van der Waals surface area contributed by atoms with Crippen molar-refractivity contribution in [2.45, 2.75) is 19.2 Å². The summed E-state index contributed by atoms with van der Waals surface area (Å²) in [4.78, 5) is 24.2. The largest absolute Gasteiger partial charge is 0.480 e. The molecule has 0 spiro atoms. The Kier molecular flexibility index (Phi) is 5.01. The first kappa shape index (κ1) is 18.3. The summed E-state index contributed by atoms with van der Waals surface area (Å²) in [5, 5.41) is 6.34. The van der Waals surface area contributed by atoms with Crippen molar-refractivity contribution in [1.82, 2.24) is 24.7 Å². The fraction of sp³-hybridized carbons (Fsp3) is 0.188. The van der Waals surface area contributed by atoms with Gasteiger partial charge in [0.15, 0.2) is 6.10 Å². The van der Waals surface area contributed by atoms with E-state index in [2.05, 4.69) is 25.4 Å². The lowest BCUT2D eigenvalue weighted by molar-refractivity contribution is -0.140. The number of benzene rings is 1. The van der Waals surface area contributed by atoms with Crippen LogP contribution in [0.2, 0.25) is 0 Å². The van der Waals surface area contributed by atoms with E-state index in [-0.39, 0.29) is 11.9 Å². The van der Waals surface area contributed by atoms with Gasteiger partial charge in [0.1, 0.15) is 12.1 Å². The second kappa shape index (κ2) is 7.40. The van der Waals surface area contributed by atoms with Gasteiger partial charge in [0.25, 0.3) is 11.9 Å². The van der Waals surface area contributed by atoms with Crippen LogP contribution in [0, 0.1) is 0 Å². The summed E-state index contributed by atoms with van der Waals surface area (Å²) in [6, 6.07) is 6.25. The maximum Gasteiger partial charge on any atom is 0.419 e. The average Bonchev–Trinajstić information content (AvgIpc) is 3.10. The molecule has 140 valence electrons. The highest BCUT2D eigenvalue weighted by molar-refractivity contribution is 5.92. The number of alkyl halides is 3. The zero-order valence-corrected chi connectivity index (χ0v) is 13.9. The quantitative estimate of drug-likeness (QED) is 0.733. The first-order valence-corrected chi connectivity index (χ1v) is 7.67. The van der Waals surface area contributed by atoms with Gasteiger partial charge in [0, 0.05) is 12.4 Å². The Morgan fingerprint density at radius 3 is 2.56 bits per heavy atom. The third kappa shape index (κ3) is 4.19. The molecule has 1 unspecified atom stereocenters. The van der Waals surface area contributed by atoms with E-state index >= 15 is 0 Å². The first-order valence-electron chi connectivity index (χ1n) is 7.67. The highest BCUT2D eigenvalue weighted by Gasteiger charge is 2.35. The van der Waals surface area contributed by atoms with Gasteiger partial charge in [-0.25, -0.2) is 9.97 Å². The molecule has 0 aliphatic rings. The molecule has 0 saturated carbocycles. The van der Waals surface area contributed by atoms with E-state index in [0.717, 1.165) is 12.1 Å². The van der Waals surface area contributed by atoms with Crippen molar-refractivity contribution in [3.8, 4) is 11.7 Å². The van der Waals surface area contributed by atoms with E-state index in [4.69, 9.17) is 4.74 Å². The Hall–Kier alpha value is -3.50. The number of para-hydroxylation sites is 1. The Balaban J connectivity index is 1.75. The fourth-order valence-corrected chi connectivity index (χ4v) is 2.13. The minimum absolute atomic E-state index is 0.00533. The normalized spacial score (nSPS) is 12.4. The van der Waals surface area contributed by atoms with Crippen LogP contribution in [-0.2, 0) is 11.0 Å². The lowest BCUT2D eigenvalue weighted by atomic mass is 10.2. The van der Waals surface area contributed by atoms with Crippen LogP contribution < -0.4 is 10.1 Å². The minimum Gasteiger partial charge on any atom is -0.480 e. The highest BCUT2D eigenvalue weighted by atomic mass is 19.4. The van der Waals surface area contributed by atoms with Crippen molar-refractivity contribution in [2.75, 3.05) is 5.32 Å². The number of amides is 1. The van der Waals surface area contributed by atoms with Gasteiger partial charge in [-0.3, -0.25) is 10.1 Å². The van der Waals surface area contributed by atoms with E-state index in [0.29, 0.717) is 0 Å². The van der Waals surface area contributed by atoms with Crippen molar-refractivity contribution < 1.29 is 22.7 Å². The summed E-state index contributed by atoms with van der Waals surface area (Å²) in [5.41, 5.74) is -0.967. The third-order valence-electron chi connectivity index (χ3n) is 3.39. The summed E-state index contributed by atoms with van der Waals surface area (Å²) in [5.74, 6) is -0.982. The van der Waals surface area contributed by atoms with Crippen molar-refractivity contribution in [3.63, 3.8) is 0 Å². The van der Waals surface area contributed by atoms with E-state index in [1.54, 1.807) is 6.07 Å². The smallest absolute Gasteiger partial charge is 0.419 e. The Morgan fingerprint density at radius 1 is 1.15 bits per heavy atom. The number of nitrogens with zero attached hydrogens (tertiary/aromatic N) is 5. The molecule has 8 nitrogen and oxygen atoms in total. The molecule has 0 radical (unpaired) electrons. The number of halogens is 3. The van der Waals surface area contributed by atoms with Crippen LogP contribution >= 0.6 is 0 Å². The predicted octanol–water partition coefficient (Wildman–Crippen LogP) is 2.48. The monoisotopic (exact) mass is 378 g/mol. The zero-order valence-electron chi connectivity index (χ0n) is 13.9. The summed E-state index contributed by atoms with van der Waals surface area (Å²) < 4.78 is 45.5. The number of carbonyl (C=O) groups excluding carboxylic acids is 1. The van der Waals surface area contributed by atoms with Crippen LogP contribution in [0.1, 0.15) is 12.5 Å². The van der Waals surface area contributed by atoms with Gasteiger partial charge in [-0.1, -0.05) is 12.1 Å². The number of anilines is 1. The number of aromatic nitrogens is 5. The van der Waals surface area contributed by atoms with Crippen molar-refractivity contribution in [3.05, 3.63) is 54.6 Å². The highest BCUT2D eigenvalue weighted by Crippen LogP contribution is 2.36. The summed E-state index contributed by atoms with van der Waals surface area (Å²) in [7, 11) is 0. The number of hydrogen-bond donors (Lipinski definition) is 1. The molecule has 2 heterocycles. The number of rotatable bonds is 5. The number of nitrogens with one attached hydrogen (secondary N) is 1. The molecule has 1 aromatic carbocycles. The van der Waals surface area contributed by atoms with Gasteiger partial charge in [-0.2, -0.15) is 27.9 Å². The van der Waals surface area contributed by atoms with Crippen molar-refractivity contribution in [2.24, 2.45) is 0 Å². The van der Waals surface area contributed by atoms with Crippen LogP contribution in [0.3, 0.4) is 0 Å². The molecule has 27 heavy (non-hydrogen) atoms. The molecule has 3 aromatic rings. The van der Waals surface area contributed by atoms with Gasteiger partial charge < -0.3 is 4.74 Å². The van der Waals surface area contributed by atoms with Crippen LogP contribution in [0.4, 0.5) is 19.1 Å². The van der Waals surface area contributed by atoms with Crippen molar-refractivity contribution >= 4 is 11.9 Å². The average molecular weight is 378 g/mol. The van der Waals surface area contributed by atoms with E-state index in [1.165, 1.54) is 42.5 Å². The molecule has 0 aliphatic heterocycles. The molecule has 0 aliphatic carbocycles. The molecule has 0 saturated heterocycles. The molecule has 1 amide bonds. The Bertz CT molecular complexity index is 929. The molecule has 3 rings (SSSR count). The van der Waals surface area contributed by atoms with Crippen LogP contribution in [0.15, 0.2) is 49.1 Å². The Labute approximate surface area is 151 Å². The molecule has 1 N–H and O–H groups in total. The summed E-state index contributed by atoms with van der Waals surface area (Å²) in [6.45, 7) is 1.32. The molecule has 11 heteroatoms.